The molecule has 66 valence electrons. The van der Waals surface area contributed by atoms with Crippen LogP contribution in [0.15, 0.2) is 0 Å². The van der Waals surface area contributed by atoms with E-state index in [0.717, 1.165) is 21.3 Å². The molecule has 0 saturated carbocycles. The molecule has 11 heavy (non-hydrogen) atoms. The third-order valence-corrected chi connectivity index (χ3v) is 4.29. The average Bonchev–Trinajstić information content (AvgIpc) is 1.90. The van der Waals surface area contributed by atoms with Crippen LogP contribution in [0.2, 0.25) is 29.7 Å². The maximum atomic E-state index is 10.6. The van der Waals surface area contributed by atoms with E-state index in [-0.39, 0.29) is 0 Å². The first-order chi connectivity index (χ1) is 4.97. The molecule has 0 rings (SSSR count). The molecular formula is C8H21AlOSi. The van der Waals surface area contributed by atoms with Crippen molar-refractivity contribution in [3.63, 3.8) is 0 Å². The molecule has 0 saturated heterocycles. The summed E-state index contributed by atoms with van der Waals surface area (Å²) in [4.78, 5) is 10.6. The fraction of sp³-hybridized carbons (Fsp3) is 1.00. The van der Waals surface area contributed by atoms with E-state index in [1.165, 1.54) is 10.6 Å². The van der Waals surface area contributed by atoms with Gasteiger partial charge in [0.25, 0.3) is 0 Å². The van der Waals surface area contributed by atoms with Gasteiger partial charge in [0.2, 0.25) is 0 Å². The Morgan fingerprint density at radius 3 is 1.36 bits per heavy atom. The second-order valence-corrected chi connectivity index (χ2v) is 9.66. The summed E-state index contributed by atoms with van der Waals surface area (Å²) < 4.78 is 0. The molecule has 0 unspecified atom stereocenters. The molecule has 1 nitrogen and oxygen atoms in total. The average molecular weight is 188 g/mol. The van der Waals surface area contributed by atoms with Crippen LogP contribution in [0.4, 0.5) is 0 Å². The second kappa shape index (κ2) is 8.80. The summed E-state index contributed by atoms with van der Waals surface area (Å²) in [7, 11) is -1.88. The third-order valence-electron chi connectivity index (χ3n) is 1.43. The predicted octanol–water partition coefficient (Wildman–Crippen LogP) is 2.14. The van der Waals surface area contributed by atoms with Gasteiger partial charge in [-0.25, -0.2) is 0 Å². The molecule has 0 aliphatic heterocycles. The van der Waals surface area contributed by atoms with Gasteiger partial charge in [0.15, 0.2) is 0 Å². The van der Waals surface area contributed by atoms with Gasteiger partial charge in [0.05, 0.1) is 0 Å². The summed E-state index contributed by atoms with van der Waals surface area (Å²) in [5.74, 6) is 0. The summed E-state index contributed by atoms with van der Waals surface area (Å²) >= 11 is 0.815. The van der Waals surface area contributed by atoms with Crippen LogP contribution in [0.1, 0.15) is 20.8 Å². The summed E-state index contributed by atoms with van der Waals surface area (Å²) in [6.07, 6.45) is 0. The molecular weight excluding hydrogens is 167 g/mol. The molecule has 0 radical (unpaired) electrons. The molecule has 0 atom stereocenters. The van der Waals surface area contributed by atoms with E-state index in [2.05, 4.69) is 13.8 Å². The van der Waals surface area contributed by atoms with E-state index in [1.54, 1.807) is 0 Å². The van der Waals surface area contributed by atoms with Crippen molar-refractivity contribution in [2.24, 2.45) is 0 Å². The van der Waals surface area contributed by atoms with Crippen LogP contribution in [0.25, 0.3) is 0 Å². The molecule has 0 aliphatic rings. The van der Waals surface area contributed by atoms with Gasteiger partial charge in [0, 0.05) is 0 Å². The van der Waals surface area contributed by atoms with Gasteiger partial charge >= 0.3 is 39.6 Å². The predicted molar refractivity (Wildman–Crippen MR) is 54.7 cm³/mol. The molecule has 0 amide bonds. The molecule has 0 aliphatic carbocycles. The fourth-order valence-electron chi connectivity index (χ4n) is 0.289. The van der Waals surface area contributed by atoms with Gasteiger partial charge in [-0.15, -0.1) is 0 Å². The normalized spacial score (nSPS) is 9.64. The van der Waals surface area contributed by atoms with Gasteiger partial charge in [0.1, 0.15) is 0 Å². The first kappa shape index (κ1) is 14.2. The zero-order valence-electron chi connectivity index (χ0n) is 8.61. The number of rotatable bonds is 3. The molecule has 0 heterocycles. The van der Waals surface area contributed by atoms with Crippen LogP contribution < -0.4 is 4.80 Å². The SMILES string of the molecule is CC[Si](C)(C)[O-].C[CH2][Al+][CH2]C. The standard InChI is InChI=1S/C4H11OSi.2C2H5.Al/c1-4-6(2,3)5;2*1-2;/h4H2,1-3H3;2*1H2,2H3;/q-1;;;+1. The number of hydrogen-bond donors (Lipinski definition) is 0. The summed E-state index contributed by atoms with van der Waals surface area (Å²) in [5, 5.41) is 2.85. The molecule has 0 N–H and O–H groups in total. The first-order valence-corrected chi connectivity index (χ1v) is 9.24. The summed E-state index contributed by atoms with van der Waals surface area (Å²) in [6, 6.07) is 0.854. The Balaban J connectivity index is 0. The molecule has 0 spiro atoms. The molecule has 0 fully saturated rings. The van der Waals surface area contributed by atoms with Gasteiger partial charge < -0.3 is 4.80 Å². The quantitative estimate of drug-likeness (QED) is 0.622. The minimum absolute atomic E-state index is 0.815. The molecule has 0 aromatic rings. The van der Waals surface area contributed by atoms with Gasteiger partial charge in [-0.1, -0.05) is 34.4 Å². The molecule has 0 aromatic carbocycles. The Kier molecular flexibility index (Phi) is 11.4. The summed E-state index contributed by atoms with van der Waals surface area (Å²) in [5.41, 5.74) is 0. The maximum absolute atomic E-state index is 10.6. The van der Waals surface area contributed by atoms with E-state index >= 15 is 0 Å². The van der Waals surface area contributed by atoms with Crippen molar-refractivity contribution in [2.75, 3.05) is 0 Å². The monoisotopic (exact) mass is 188 g/mol. The van der Waals surface area contributed by atoms with Crippen molar-refractivity contribution in [1.29, 1.82) is 0 Å². The Hall–Kier alpha value is 0.709. The fourth-order valence-corrected chi connectivity index (χ4v) is 0.866. The van der Waals surface area contributed by atoms with E-state index < -0.39 is 8.32 Å². The van der Waals surface area contributed by atoms with Crippen LogP contribution in [0.3, 0.4) is 0 Å². The minimum atomic E-state index is -1.88. The van der Waals surface area contributed by atoms with Crippen molar-refractivity contribution < 1.29 is 4.80 Å². The van der Waals surface area contributed by atoms with Crippen molar-refractivity contribution >= 4 is 23.5 Å². The van der Waals surface area contributed by atoms with E-state index in [4.69, 9.17) is 0 Å². The van der Waals surface area contributed by atoms with Crippen LogP contribution in [0.5, 0.6) is 0 Å². The van der Waals surface area contributed by atoms with Crippen molar-refractivity contribution in [1.82, 2.24) is 0 Å². The van der Waals surface area contributed by atoms with Crippen molar-refractivity contribution in [2.45, 2.75) is 50.5 Å². The Morgan fingerprint density at radius 2 is 1.36 bits per heavy atom. The van der Waals surface area contributed by atoms with Gasteiger partial charge in [-0.2, -0.15) is 0 Å². The zero-order chi connectivity index (χ0) is 9.33. The summed E-state index contributed by atoms with van der Waals surface area (Å²) in [6.45, 7) is 10.1. The van der Waals surface area contributed by atoms with Crippen LogP contribution in [-0.4, -0.2) is 23.5 Å². The molecule has 3 heteroatoms. The van der Waals surface area contributed by atoms with E-state index in [0.29, 0.717) is 0 Å². The Morgan fingerprint density at radius 1 is 1.09 bits per heavy atom. The third kappa shape index (κ3) is 24.9. The topological polar surface area (TPSA) is 23.1 Å². The van der Waals surface area contributed by atoms with Crippen LogP contribution >= 0.6 is 0 Å². The zero-order valence-corrected chi connectivity index (χ0v) is 10.8. The van der Waals surface area contributed by atoms with Crippen LogP contribution in [-0.2, 0) is 0 Å². The van der Waals surface area contributed by atoms with E-state index in [1.807, 2.05) is 20.0 Å². The molecule has 0 bridgehead atoms. The molecule has 0 aromatic heterocycles. The van der Waals surface area contributed by atoms with Crippen molar-refractivity contribution in [3.05, 3.63) is 0 Å². The van der Waals surface area contributed by atoms with Crippen molar-refractivity contribution in [3.8, 4) is 0 Å². The number of hydrogen-bond acceptors (Lipinski definition) is 1. The Labute approximate surface area is 79.1 Å². The van der Waals surface area contributed by atoms with Gasteiger partial charge in [-0.05, 0) is 0 Å². The second-order valence-electron chi connectivity index (χ2n) is 3.22. The first-order valence-electron chi connectivity index (χ1n) is 4.50. The van der Waals surface area contributed by atoms with E-state index in [9.17, 15) is 4.80 Å². The van der Waals surface area contributed by atoms with Gasteiger partial charge in [-0.3, -0.25) is 0 Å². The van der Waals surface area contributed by atoms with Crippen LogP contribution in [0, 0.1) is 0 Å². The Bertz CT molecular complexity index is 69.0.